The van der Waals surface area contributed by atoms with E-state index in [9.17, 15) is 9.18 Å². The molecule has 0 spiro atoms. The lowest BCUT2D eigenvalue weighted by molar-refractivity contribution is -0.118. The van der Waals surface area contributed by atoms with Crippen molar-refractivity contribution >= 4 is 28.5 Å². The van der Waals surface area contributed by atoms with E-state index in [0.29, 0.717) is 30.7 Å². The maximum atomic E-state index is 13.7. The first-order valence-electron chi connectivity index (χ1n) is 6.63. The second-order valence-electron chi connectivity index (χ2n) is 4.71. The molecule has 21 heavy (non-hydrogen) atoms. The quantitative estimate of drug-likeness (QED) is 0.631. The molecule has 5 nitrogen and oxygen atoms in total. The van der Waals surface area contributed by atoms with Crippen LogP contribution in [0.25, 0.3) is 11.0 Å². The van der Waals surface area contributed by atoms with Crippen molar-refractivity contribution in [3.8, 4) is 5.75 Å². The number of nitrogens with zero attached hydrogens (tertiary/aromatic N) is 2. The standard InChI is InChI=1S/C14H17ClFN3O2/c1-21-12-7-11-10(6-9(12)16)18-14(8-15)19(11)5-3-2-4-13(17)20/h6-7H,2-5,8H2,1H3,(H2,17,20). The third-order valence-corrected chi connectivity index (χ3v) is 3.51. The van der Waals surface area contributed by atoms with Gasteiger partial charge in [-0.2, -0.15) is 0 Å². The number of alkyl halides is 1. The Balaban J connectivity index is 2.29. The molecule has 0 saturated carbocycles. The van der Waals surface area contributed by atoms with Gasteiger partial charge in [-0.3, -0.25) is 4.79 Å². The summed E-state index contributed by atoms with van der Waals surface area (Å²) in [5, 5.41) is 0. The summed E-state index contributed by atoms with van der Waals surface area (Å²) in [6.07, 6.45) is 1.80. The Kier molecular flexibility index (Phi) is 5.01. The van der Waals surface area contributed by atoms with E-state index in [-0.39, 0.29) is 17.5 Å². The van der Waals surface area contributed by atoms with Crippen molar-refractivity contribution in [1.29, 1.82) is 0 Å². The molecule has 0 radical (unpaired) electrons. The monoisotopic (exact) mass is 313 g/mol. The van der Waals surface area contributed by atoms with Gasteiger partial charge < -0.3 is 15.0 Å². The highest BCUT2D eigenvalue weighted by Gasteiger charge is 2.14. The summed E-state index contributed by atoms with van der Waals surface area (Å²) in [6.45, 7) is 0.640. The van der Waals surface area contributed by atoms with Crippen molar-refractivity contribution in [1.82, 2.24) is 9.55 Å². The Morgan fingerprint density at radius 1 is 1.48 bits per heavy atom. The maximum absolute atomic E-state index is 13.7. The number of hydrogen-bond acceptors (Lipinski definition) is 3. The molecule has 7 heteroatoms. The lowest BCUT2D eigenvalue weighted by atomic mass is 10.2. The molecule has 0 unspecified atom stereocenters. The molecule has 1 aromatic heterocycles. The lowest BCUT2D eigenvalue weighted by Gasteiger charge is -2.08. The molecule has 2 aromatic rings. The second kappa shape index (κ2) is 6.76. The van der Waals surface area contributed by atoms with Gasteiger partial charge in [0.15, 0.2) is 11.6 Å². The highest BCUT2D eigenvalue weighted by atomic mass is 35.5. The highest BCUT2D eigenvalue weighted by Crippen LogP contribution is 2.26. The van der Waals surface area contributed by atoms with Crippen LogP contribution in [0.3, 0.4) is 0 Å². The van der Waals surface area contributed by atoms with Crippen LogP contribution in [0, 0.1) is 5.82 Å². The normalized spacial score (nSPS) is 11.0. The Morgan fingerprint density at radius 3 is 2.86 bits per heavy atom. The highest BCUT2D eigenvalue weighted by molar-refractivity contribution is 6.16. The van der Waals surface area contributed by atoms with Crippen LogP contribution in [-0.4, -0.2) is 22.6 Å². The van der Waals surface area contributed by atoms with Gasteiger partial charge in [0.25, 0.3) is 0 Å². The maximum Gasteiger partial charge on any atom is 0.217 e. The Labute approximate surface area is 126 Å². The van der Waals surface area contributed by atoms with Crippen molar-refractivity contribution in [2.45, 2.75) is 31.7 Å². The van der Waals surface area contributed by atoms with Gasteiger partial charge in [-0.1, -0.05) is 0 Å². The number of benzene rings is 1. The predicted molar refractivity (Wildman–Crippen MR) is 78.8 cm³/mol. The van der Waals surface area contributed by atoms with Crippen LogP contribution in [0.1, 0.15) is 25.1 Å². The topological polar surface area (TPSA) is 70.1 Å². The van der Waals surface area contributed by atoms with Crippen molar-refractivity contribution < 1.29 is 13.9 Å². The first-order chi connectivity index (χ1) is 10.1. The van der Waals surface area contributed by atoms with E-state index in [2.05, 4.69) is 4.98 Å². The van der Waals surface area contributed by atoms with Crippen LogP contribution in [0.2, 0.25) is 0 Å². The number of carbonyl (C=O) groups is 1. The Morgan fingerprint density at radius 2 is 2.24 bits per heavy atom. The van der Waals surface area contributed by atoms with Gasteiger partial charge >= 0.3 is 0 Å². The van der Waals surface area contributed by atoms with E-state index in [1.54, 1.807) is 6.07 Å². The molecule has 0 aliphatic heterocycles. The van der Waals surface area contributed by atoms with Crippen LogP contribution in [-0.2, 0) is 17.2 Å². The van der Waals surface area contributed by atoms with Crippen LogP contribution in [0.5, 0.6) is 5.75 Å². The molecule has 1 heterocycles. The molecule has 2 N–H and O–H groups in total. The molecule has 2 rings (SSSR count). The number of primary amides is 1. The second-order valence-corrected chi connectivity index (χ2v) is 4.98. The number of aromatic nitrogens is 2. The van der Waals surface area contributed by atoms with Gasteiger partial charge in [-0.15, -0.1) is 11.6 Å². The number of imidazole rings is 1. The van der Waals surface area contributed by atoms with E-state index in [1.165, 1.54) is 13.2 Å². The summed E-state index contributed by atoms with van der Waals surface area (Å²) in [5.41, 5.74) is 6.42. The smallest absolute Gasteiger partial charge is 0.217 e. The number of nitrogens with two attached hydrogens (primary N) is 1. The number of fused-ring (bicyclic) bond motifs is 1. The third kappa shape index (κ3) is 3.44. The van der Waals surface area contributed by atoms with Crippen LogP contribution in [0.4, 0.5) is 4.39 Å². The largest absolute Gasteiger partial charge is 0.494 e. The summed E-state index contributed by atoms with van der Waals surface area (Å²) >= 11 is 5.90. The molecule has 1 amide bonds. The van der Waals surface area contributed by atoms with Crippen LogP contribution < -0.4 is 10.5 Å². The predicted octanol–water partition coefficient (Wildman–Crippen LogP) is 2.58. The fourth-order valence-electron chi connectivity index (χ4n) is 2.25. The van der Waals surface area contributed by atoms with E-state index in [4.69, 9.17) is 22.1 Å². The first kappa shape index (κ1) is 15.6. The summed E-state index contributed by atoms with van der Waals surface area (Å²) in [5.74, 6) is 0.297. The summed E-state index contributed by atoms with van der Waals surface area (Å²) < 4.78 is 20.6. The van der Waals surface area contributed by atoms with Crippen LogP contribution >= 0.6 is 11.6 Å². The minimum atomic E-state index is -0.454. The first-order valence-corrected chi connectivity index (χ1v) is 7.17. The molecule has 0 fully saturated rings. The van der Waals surface area contributed by atoms with E-state index >= 15 is 0 Å². The van der Waals surface area contributed by atoms with Gasteiger partial charge in [-0.05, 0) is 12.8 Å². The van der Waals surface area contributed by atoms with Crippen molar-refractivity contribution in [2.24, 2.45) is 5.73 Å². The average molecular weight is 314 g/mol. The zero-order valence-corrected chi connectivity index (χ0v) is 12.5. The van der Waals surface area contributed by atoms with Crippen molar-refractivity contribution in [3.05, 3.63) is 23.8 Å². The number of unbranched alkanes of at least 4 members (excludes halogenated alkanes) is 1. The van der Waals surface area contributed by atoms with Crippen molar-refractivity contribution in [3.63, 3.8) is 0 Å². The Bertz CT molecular complexity index is 657. The fraction of sp³-hybridized carbons (Fsp3) is 0.429. The van der Waals surface area contributed by atoms with Gasteiger partial charge in [0.05, 0.1) is 24.0 Å². The van der Waals surface area contributed by atoms with E-state index < -0.39 is 5.82 Å². The number of carbonyl (C=O) groups excluding carboxylic acids is 1. The lowest BCUT2D eigenvalue weighted by Crippen LogP contribution is -2.10. The molecule has 0 bridgehead atoms. The minimum absolute atomic E-state index is 0.168. The number of hydrogen-bond donors (Lipinski definition) is 1. The number of aryl methyl sites for hydroxylation is 1. The van der Waals surface area contributed by atoms with Gasteiger partial charge in [0, 0.05) is 25.1 Å². The SMILES string of the molecule is COc1cc2c(cc1F)nc(CCl)n2CCCCC(N)=O. The Hall–Kier alpha value is -1.82. The third-order valence-electron chi connectivity index (χ3n) is 3.28. The molecule has 114 valence electrons. The van der Waals surface area contributed by atoms with Crippen LogP contribution in [0.15, 0.2) is 12.1 Å². The zero-order chi connectivity index (χ0) is 15.4. The minimum Gasteiger partial charge on any atom is -0.494 e. The summed E-state index contributed by atoms with van der Waals surface area (Å²) in [4.78, 5) is 15.1. The van der Waals surface area contributed by atoms with E-state index in [0.717, 1.165) is 11.9 Å². The number of rotatable bonds is 7. The summed E-state index contributed by atoms with van der Waals surface area (Å²) in [6, 6.07) is 2.95. The molecule has 0 aliphatic rings. The molecule has 0 aliphatic carbocycles. The van der Waals surface area contributed by atoms with Gasteiger partial charge in [-0.25, -0.2) is 9.37 Å². The molecular formula is C14H17ClFN3O2. The molecule has 0 saturated heterocycles. The number of methoxy groups -OCH3 is 1. The molecule has 1 aromatic carbocycles. The molecule has 0 atom stereocenters. The average Bonchev–Trinajstić information content (AvgIpc) is 2.79. The fourth-order valence-corrected chi connectivity index (χ4v) is 2.46. The summed E-state index contributed by atoms with van der Waals surface area (Å²) in [7, 11) is 1.42. The number of halogens is 2. The van der Waals surface area contributed by atoms with Gasteiger partial charge in [0.2, 0.25) is 5.91 Å². The number of ether oxygens (including phenoxy) is 1. The number of amides is 1. The van der Waals surface area contributed by atoms with Gasteiger partial charge in [0.1, 0.15) is 5.82 Å². The molecular weight excluding hydrogens is 297 g/mol. The van der Waals surface area contributed by atoms with E-state index in [1.807, 2.05) is 4.57 Å². The zero-order valence-electron chi connectivity index (χ0n) is 11.7. The van der Waals surface area contributed by atoms with Crippen molar-refractivity contribution in [2.75, 3.05) is 7.11 Å².